The minimum absolute atomic E-state index is 0.0505. The van der Waals surface area contributed by atoms with Gasteiger partial charge >= 0.3 is 0 Å². The first-order chi connectivity index (χ1) is 7.44. The highest BCUT2D eigenvalue weighted by Gasteiger charge is 2.23. The molecule has 2 N–H and O–H groups in total. The molecule has 16 heavy (non-hydrogen) atoms. The van der Waals surface area contributed by atoms with Gasteiger partial charge in [-0.1, -0.05) is 37.3 Å². The van der Waals surface area contributed by atoms with Gasteiger partial charge in [0.2, 0.25) is 0 Å². The lowest BCUT2D eigenvalue weighted by atomic mass is 9.99. The molecule has 2 heteroatoms. The standard InChI is InChI=1S/C14H23NO/c1-5-12(16-14(2,3)4)13(15)11-9-7-6-8-10-11/h6-10,12-13H,5,15H2,1-4H3. The topological polar surface area (TPSA) is 35.2 Å². The fourth-order valence-electron chi connectivity index (χ4n) is 1.75. The van der Waals surface area contributed by atoms with Gasteiger partial charge in [0, 0.05) is 0 Å². The van der Waals surface area contributed by atoms with Gasteiger partial charge in [-0.05, 0) is 32.8 Å². The summed E-state index contributed by atoms with van der Waals surface area (Å²) < 4.78 is 5.98. The van der Waals surface area contributed by atoms with Gasteiger partial charge in [-0.3, -0.25) is 0 Å². The molecule has 2 atom stereocenters. The maximum Gasteiger partial charge on any atom is 0.0772 e. The summed E-state index contributed by atoms with van der Waals surface area (Å²) in [5.41, 5.74) is 7.22. The largest absolute Gasteiger partial charge is 0.371 e. The maximum absolute atomic E-state index is 6.23. The summed E-state index contributed by atoms with van der Waals surface area (Å²) in [7, 11) is 0. The van der Waals surface area contributed by atoms with Crippen LogP contribution in [-0.4, -0.2) is 11.7 Å². The number of hydrogen-bond donors (Lipinski definition) is 1. The average Bonchev–Trinajstić information content (AvgIpc) is 2.25. The van der Waals surface area contributed by atoms with E-state index in [1.165, 1.54) is 0 Å². The van der Waals surface area contributed by atoms with Crippen molar-refractivity contribution in [1.82, 2.24) is 0 Å². The third-order valence-corrected chi connectivity index (χ3v) is 2.49. The van der Waals surface area contributed by atoms with Gasteiger partial charge in [-0.2, -0.15) is 0 Å². The van der Waals surface area contributed by atoms with Gasteiger partial charge in [0.1, 0.15) is 0 Å². The van der Waals surface area contributed by atoms with Gasteiger partial charge in [-0.25, -0.2) is 0 Å². The summed E-state index contributed by atoms with van der Waals surface area (Å²) in [5, 5.41) is 0. The Kier molecular flexibility index (Phi) is 4.51. The number of nitrogens with two attached hydrogens (primary N) is 1. The molecule has 1 rings (SSSR count). The van der Waals surface area contributed by atoms with Crippen molar-refractivity contribution in [2.75, 3.05) is 0 Å². The summed E-state index contributed by atoms with van der Waals surface area (Å²) >= 11 is 0. The van der Waals surface area contributed by atoms with E-state index in [4.69, 9.17) is 10.5 Å². The van der Waals surface area contributed by atoms with Crippen LogP contribution in [0.3, 0.4) is 0 Å². The van der Waals surface area contributed by atoms with Crippen LogP contribution in [0.15, 0.2) is 30.3 Å². The van der Waals surface area contributed by atoms with Crippen molar-refractivity contribution in [2.24, 2.45) is 5.73 Å². The summed E-state index contributed by atoms with van der Waals surface area (Å²) in [5.74, 6) is 0. The van der Waals surface area contributed by atoms with E-state index in [0.29, 0.717) is 0 Å². The van der Waals surface area contributed by atoms with Crippen molar-refractivity contribution in [3.63, 3.8) is 0 Å². The molecule has 0 saturated carbocycles. The van der Waals surface area contributed by atoms with Gasteiger partial charge in [-0.15, -0.1) is 0 Å². The van der Waals surface area contributed by atoms with Crippen LogP contribution in [-0.2, 0) is 4.74 Å². The zero-order valence-electron chi connectivity index (χ0n) is 10.7. The molecule has 0 radical (unpaired) electrons. The Balaban J connectivity index is 2.74. The lowest BCUT2D eigenvalue weighted by Crippen LogP contribution is -2.35. The van der Waals surface area contributed by atoms with Crippen molar-refractivity contribution in [1.29, 1.82) is 0 Å². The second-order valence-electron chi connectivity index (χ2n) is 5.11. The first-order valence-electron chi connectivity index (χ1n) is 5.92. The number of benzene rings is 1. The number of hydrogen-bond acceptors (Lipinski definition) is 2. The van der Waals surface area contributed by atoms with Crippen LogP contribution >= 0.6 is 0 Å². The average molecular weight is 221 g/mol. The second-order valence-corrected chi connectivity index (χ2v) is 5.11. The number of ether oxygens (including phenoxy) is 1. The Morgan fingerprint density at radius 1 is 1.19 bits per heavy atom. The third-order valence-electron chi connectivity index (χ3n) is 2.49. The summed E-state index contributed by atoms with van der Waals surface area (Å²) in [6, 6.07) is 10.1. The summed E-state index contributed by atoms with van der Waals surface area (Å²) in [4.78, 5) is 0. The molecule has 1 aromatic rings. The smallest absolute Gasteiger partial charge is 0.0772 e. The summed E-state index contributed by atoms with van der Waals surface area (Å²) in [6.45, 7) is 8.30. The van der Waals surface area contributed by atoms with Crippen LogP contribution in [0.2, 0.25) is 0 Å². The van der Waals surface area contributed by atoms with Crippen LogP contribution < -0.4 is 5.73 Å². The Labute approximate surface area is 98.8 Å². The van der Waals surface area contributed by atoms with Crippen LogP contribution in [0.4, 0.5) is 0 Å². The summed E-state index contributed by atoms with van der Waals surface area (Å²) in [6.07, 6.45) is 0.996. The molecular formula is C14H23NO. The lowest BCUT2D eigenvalue weighted by molar-refractivity contribution is -0.0719. The normalized spacial score (nSPS) is 15.8. The molecule has 2 unspecified atom stereocenters. The van der Waals surface area contributed by atoms with E-state index in [9.17, 15) is 0 Å². The van der Waals surface area contributed by atoms with Gasteiger partial charge in [0.05, 0.1) is 17.7 Å². The predicted octanol–water partition coefficient (Wildman–Crippen LogP) is 3.28. The van der Waals surface area contributed by atoms with Crippen molar-refractivity contribution in [3.8, 4) is 0 Å². The molecule has 0 aliphatic rings. The molecule has 0 aliphatic heterocycles. The predicted molar refractivity (Wildman–Crippen MR) is 68.3 cm³/mol. The zero-order chi connectivity index (χ0) is 12.2. The molecule has 90 valence electrons. The van der Waals surface area contributed by atoms with Crippen molar-refractivity contribution < 1.29 is 4.74 Å². The van der Waals surface area contributed by atoms with E-state index in [1.807, 2.05) is 18.2 Å². The molecule has 0 aromatic heterocycles. The molecule has 1 aromatic carbocycles. The molecule has 0 fully saturated rings. The van der Waals surface area contributed by atoms with E-state index >= 15 is 0 Å². The van der Waals surface area contributed by atoms with E-state index in [0.717, 1.165) is 12.0 Å². The molecular weight excluding hydrogens is 198 g/mol. The minimum atomic E-state index is -0.146. The van der Waals surface area contributed by atoms with Crippen molar-refractivity contribution >= 4 is 0 Å². The highest BCUT2D eigenvalue weighted by Crippen LogP contribution is 2.23. The quantitative estimate of drug-likeness (QED) is 0.846. The van der Waals surface area contributed by atoms with Crippen LogP contribution in [0, 0.1) is 0 Å². The van der Waals surface area contributed by atoms with Gasteiger partial charge in [0.15, 0.2) is 0 Å². The van der Waals surface area contributed by atoms with Crippen LogP contribution in [0.5, 0.6) is 0 Å². The number of rotatable bonds is 4. The van der Waals surface area contributed by atoms with Crippen LogP contribution in [0.25, 0.3) is 0 Å². The van der Waals surface area contributed by atoms with E-state index in [2.05, 4.69) is 39.8 Å². The van der Waals surface area contributed by atoms with Gasteiger partial charge in [0.25, 0.3) is 0 Å². The molecule has 0 bridgehead atoms. The van der Waals surface area contributed by atoms with Crippen LogP contribution in [0.1, 0.15) is 45.7 Å². The molecule has 0 aliphatic carbocycles. The van der Waals surface area contributed by atoms with Crippen molar-refractivity contribution in [3.05, 3.63) is 35.9 Å². The second kappa shape index (κ2) is 5.46. The fourth-order valence-corrected chi connectivity index (χ4v) is 1.75. The highest BCUT2D eigenvalue weighted by molar-refractivity contribution is 5.19. The molecule has 0 saturated heterocycles. The highest BCUT2D eigenvalue weighted by atomic mass is 16.5. The first kappa shape index (κ1) is 13.2. The zero-order valence-corrected chi connectivity index (χ0v) is 10.7. The molecule has 0 amide bonds. The Bertz CT molecular complexity index is 302. The van der Waals surface area contributed by atoms with Crippen molar-refractivity contribution in [2.45, 2.75) is 51.9 Å². The fraction of sp³-hybridized carbons (Fsp3) is 0.571. The third kappa shape index (κ3) is 3.95. The monoisotopic (exact) mass is 221 g/mol. The molecule has 2 nitrogen and oxygen atoms in total. The molecule has 0 heterocycles. The van der Waals surface area contributed by atoms with E-state index in [-0.39, 0.29) is 17.7 Å². The first-order valence-corrected chi connectivity index (χ1v) is 5.92. The molecule has 0 spiro atoms. The van der Waals surface area contributed by atoms with E-state index in [1.54, 1.807) is 0 Å². The SMILES string of the molecule is CCC(OC(C)(C)C)C(N)c1ccccc1. The van der Waals surface area contributed by atoms with E-state index < -0.39 is 0 Å². The van der Waals surface area contributed by atoms with Gasteiger partial charge < -0.3 is 10.5 Å². The lowest BCUT2D eigenvalue weighted by Gasteiger charge is -2.31. The Hall–Kier alpha value is -0.860. The maximum atomic E-state index is 6.23. The minimum Gasteiger partial charge on any atom is -0.371 e. The Morgan fingerprint density at radius 2 is 1.75 bits per heavy atom. The Morgan fingerprint density at radius 3 is 2.19 bits per heavy atom.